The van der Waals surface area contributed by atoms with Gasteiger partial charge >= 0.3 is 0 Å². The van der Waals surface area contributed by atoms with Gasteiger partial charge in [0.15, 0.2) is 11.5 Å². The maximum absolute atomic E-state index is 5.40. The van der Waals surface area contributed by atoms with Crippen LogP contribution in [0.4, 0.5) is 0 Å². The predicted molar refractivity (Wildman–Crippen MR) is 76.6 cm³/mol. The van der Waals surface area contributed by atoms with Crippen LogP contribution in [0.2, 0.25) is 0 Å². The van der Waals surface area contributed by atoms with Crippen molar-refractivity contribution in [2.24, 2.45) is 0 Å². The van der Waals surface area contributed by atoms with Gasteiger partial charge < -0.3 is 19.2 Å². The largest absolute Gasteiger partial charge is 0.493 e. The Bertz CT molecular complexity index is 570. The van der Waals surface area contributed by atoms with Crippen molar-refractivity contribution in [1.29, 1.82) is 0 Å². The lowest BCUT2D eigenvalue weighted by Crippen LogP contribution is -2.12. The summed E-state index contributed by atoms with van der Waals surface area (Å²) < 4.78 is 15.9. The Morgan fingerprint density at radius 2 is 2.15 bits per heavy atom. The summed E-state index contributed by atoms with van der Waals surface area (Å²) in [7, 11) is 1.61. The highest BCUT2D eigenvalue weighted by Crippen LogP contribution is 2.27. The van der Waals surface area contributed by atoms with Crippen LogP contribution in [-0.4, -0.2) is 13.7 Å². The second-order valence-corrected chi connectivity index (χ2v) is 4.16. The summed E-state index contributed by atoms with van der Waals surface area (Å²) in [4.78, 5) is 0. The highest BCUT2D eigenvalue weighted by atomic mass is 16.5. The summed E-state index contributed by atoms with van der Waals surface area (Å²) in [6, 6.07) is 9.58. The third-order valence-corrected chi connectivity index (χ3v) is 2.75. The molecule has 2 rings (SSSR count). The van der Waals surface area contributed by atoms with Crippen molar-refractivity contribution < 1.29 is 13.9 Å². The molecule has 4 heteroatoms. The summed E-state index contributed by atoms with van der Waals surface area (Å²) in [5.74, 6) is 4.67. The highest BCUT2D eigenvalue weighted by molar-refractivity contribution is 5.43. The molecule has 0 spiro atoms. The Labute approximate surface area is 118 Å². The molecule has 0 fully saturated rings. The molecule has 0 radical (unpaired) electrons. The predicted octanol–water partition coefficient (Wildman–Crippen LogP) is 2.59. The van der Waals surface area contributed by atoms with Gasteiger partial charge in [-0.1, -0.05) is 12.0 Å². The van der Waals surface area contributed by atoms with E-state index in [4.69, 9.17) is 20.3 Å². The summed E-state index contributed by atoms with van der Waals surface area (Å²) >= 11 is 0. The molecule has 1 N–H and O–H groups in total. The zero-order valence-electron chi connectivity index (χ0n) is 11.4. The minimum absolute atomic E-state index is 0.229. The average Bonchev–Trinajstić information content (AvgIpc) is 2.99. The van der Waals surface area contributed by atoms with E-state index in [9.17, 15) is 0 Å². The maximum Gasteiger partial charge on any atom is 0.162 e. The van der Waals surface area contributed by atoms with Crippen LogP contribution in [0.15, 0.2) is 41.0 Å². The van der Waals surface area contributed by atoms with E-state index in [-0.39, 0.29) is 6.61 Å². The molecule has 0 amide bonds. The topological polar surface area (TPSA) is 43.6 Å². The van der Waals surface area contributed by atoms with E-state index in [0.717, 1.165) is 11.3 Å². The molecule has 0 unspecified atom stereocenters. The summed E-state index contributed by atoms with van der Waals surface area (Å²) in [5.41, 5.74) is 1.10. The fraction of sp³-hybridized carbons (Fsp3) is 0.250. The normalized spacial score (nSPS) is 10.0. The van der Waals surface area contributed by atoms with Gasteiger partial charge in [-0.3, -0.25) is 0 Å². The minimum Gasteiger partial charge on any atom is -0.493 e. The standard InChI is InChI=1S/C16H17NO3/c1-3-8-20-15-7-6-13(10-16(15)18-2)11-17-12-14-5-4-9-19-14/h1,4-7,9-10,17H,8,11-12H2,2H3. The van der Waals surface area contributed by atoms with Gasteiger partial charge in [0, 0.05) is 6.54 Å². The van der Waals surface area contributed by atoms with Gasteiger partial charge in [-0.2, -0.15) is 0 Å². The summed E-state index contributed by atoms with van der Waals surface area (Å²) in [5, 5.41) is 3.30. The Balaban J connectivity index is 1.93. The first-order valence-corrected chi connectivity index (χ1v) is 6.29. The van der Waals surface area contributed by atoms with Gasteiger partial charge in [0.2, 0.25) is 0 Å². The lowest BCUT2D eigenvalue weighted by molar-refractivity contribution is 0.330. The third kappa shape index (κ3) is 3.81. The van der Waals surface area contributed by atoms with Crippen molar-refractivity contribution in [2.75, 3.05) is 13.7 Å². The monoisotopic (exact) mass is 271 g/mol. The maximum atomic E-state index is 5.40. The second-order valence-electron chi connectivity index (χ2n) is 4.16. The molecular weight excluding hydrogens is 254 g/mol. The zero-order chi connectivity index (χ0) is 14.2. The first-order valence-electron chi connectivity index (χ1n) is 6.29. The second kappa shape index (κ2) is 7.27. The molecule has 1 aromatic heterocycles. The van der Waals surface area contributed by atoms with Crippen LogP contribution < -0.4 is 14.8 Å². The van der Waals surface area contributed by atoms with Crippen LogP contribution >= 0.6 is 0 Å². The number of furan rings is 1. The van der Waals surface area contributed by atoms with Crippen LogP contribution in [-0.2, 0) is 13.1 Å². The molecule has 0 aliphatic rings. The van der Waals surface area contributed by atoms with Crippen LogP contribution in [0.5, 0.6) is 11.5 Å². The minimum atomic E-state index is 0.229. The van der Waals surface area contributed by atoms with Gasteiger partial charge in [-0.15, -0.1) is 6.42 Å². The van der Waals surface area contributed by atoms with E-state index in [1.165, 1.54) is 0 Å². The number of benzene rings is 1. The number of terminal acetylenes is 1. The van der Waals surface area contributed by atoms with Gasteiger partial charge in [0.25, 0.3) is 0 Å². The van der Waals surface area contributed by atoms with Crippen molar-refractivity contribution in [3.8, 4) is 23.8 Å². The molecule has 0 atom stereocenters. The third-order valence-electron chi connectivity index (χ3n) is 2.75. The van der Waals surface area contributed by atoms with Crippen molar-refractivity contribution in [2.45, 2.75) is 13.1 Å². The van der Waals surface area contributed by atoms with E-state index in [2.05, 4.69) is 11.2 Å². The molecule has 0 saturated heterocycles. The quantitative estimate of drug-likeness (QED) is 0.786. The molecule has 104 valence electrons. The van der Waals surface area contributed by atoms with Gasteiger partial charge in [0.05, 0.1) is 19.9 Å². The first-order chi connectivity index (χ1) is 9.83. The molecule has 0 saturated carbocycles. The van der Waals surface area contributed by atoms with Crippen LogP contribution in [0, 0.1) is 12.3 Å². The molecular formula is C16H17NO3. The molecule has 20 heavy (non-hydrogen) atoms. The van der Waals surface area contributed by atoms with E-state index in [0.29, 0.717) is 24.6 Å². The van der Waals surface area contributed by atoms with Crippen molar-refractivity contribution in [3.63, 3.8) is 0 Å². The van der Waals surface area contributed by atoms with Crippen LogP contribution in [0.3, 0.4) is 0 Å². The number of nitrogens with one attached hydrogen (secondary N) is 1. The Hall–Kier alpha value is -2.38. The lowest BCUT2D eigenvalue weighted by Gasteiger charge is -2.11. The molecule has 1 heterocycles. The number of hydrogen-bond donors (Lipinski definition) is 1. The summed E-state index contributed by atoms with van der Waals surface area (Å²) in [6.07, 6.45) is 6.84. The molecule has 1 aromatic carbocycles. The van der Waals surface area contributed by atoms with E-state index < -0.39 is 0 Å². The zero-order valence-corrected chi connectivity index (χ0v) is 11.4. The first kappa shape index (κ1) is 14.0. The van der Waals surface area contributed by atoms with Gasteiger partial charge in [0.1, 0.15) is 12.4 Å². The fourth-order valence-corrected chi connectivity index (χ4v) is 1.80. The van der Waals surface area contributed by atoms with Gasteiger partial charge in [-0.05, 0) is 29.8 Å². The fourth-order valence-electron chi connectivity index (χ4n) is 1.80. The molecule has 0 aliphatic heterocycles. The van der Waals surface area contributed by atoms with E-state index in [1.807, 2.05) is 30.3 Å². The summed E-state index contributed by atoms with van der Waals surface area (Å²) in [6.45, 7) is 1.63. The molecule has 4 nitrogen and oxygen atoms in total. The Morgan fingerprint density at radius 1 is 1.25 bits per heavy atom. The number of methoxy groups -OCH3 is 1. The smallest absolute Gasteiger partial charge is 0.162 e. The number of rotatable bonds is 7. The highest BCUT2D eigenvalue weighted by Gasteiger charge is 2.05. The SMILES string of the molecule is C#CCOc1ccc(CNCc2ccco2)cc1OC. The van der Waals surface area contributed by atoms with Crippen LogP contribution in [0.1, 0.15) is 11.3 Å². The van der Waals surface area contributed by atoms with Crippen molar-refractivity contribution in [1.82, 2.24) is 5.32 Å². The molecule has 0 bridgehead atoms. The molecule has 2 aromatic rings. The molecule has 0 aliphatic carbocycles. The lowest BCUT2D eigenvalue weighted by atomic mass is 10.2. The van der Waals surface area contributed by atoms with Crippen LogP contribution in [0.25, 0.3) is 0 Å². The number of ether oxygens (including phenoxy) is 2. The van der Waals surface area contributed by atoms with E-state index >= 15 is 0 Å². The van der Waals surface area contributed by atoms with Crippen molar-refractivity contribution >= 4 is 0 Å². The van der Waals surface area contributed by atoms with Gasteiger partial charge in [-0.25, -0.2) is 0 Å². The van der Waals surface area contributed by atoms with Crippen molar-refractivity contribution in [3.05, 3.63) is 47.9 Å². The average molecular weight is 271 g/mol. The van der Waals surface area contributed by atoms with E-state index in [1.54, 1.807) is 13.4 Å². The Morgan fingerprint density at radius 3 is 2.85 bits per heavy atom. The Kier molecular flexibility index (Phi) is 5.10. The number of hydrogen-bond acceptors (Lipinski definition) is 4.